The number of nitrogens with zero attached hydrogens (tertiary/aromatic N) is 1. The predicted molar refractivity (Wildman–Crippen MR) is 171 cm³/mol. The van der Waals surface area contributed by atoms with Gasteiger partial charge in [0.25, 0.3) is 6.29 Å². The Kier molecular flexibility index (Phi) is 25.9. The van der Waals surface area contributed by atoms with Crippen LogP contribution in [0.5, 0.6) is 0 Å². The van der Waals surface area contributed by atoms with E-state index in [2.05, 4.69) is 38.2 Å². The number of allylic oxidation sites excluding steroid dienone is 4. The number of carboxylic acid groups (broad SMARTS) is 1. The van der Waals surface area contributed by atoms with Crippen LogP contribution in [0, 0.1) is 0 Å². The number of carbonyl (C=O) groups is 3. The lowest BCUT2D eigenvalue weighted by Gasteiger charge is -2.25. The van der Waals surface area contributed by atoms with Gasteiger partial charge in [-0.05, 0) is 38.5 Å². The Morgan fingerprint density at radius 3 is 1.93 bits per heavy atom. The standard InChI is InChI=1S/C34H61NO8/c1-6-8-10-12-13-14-15-16-17-18-19-21-23-25-32(37)43-30(28-41-31(36)24-22-20-11-9-7-2)29-42-34(33(38)39)40-27-26-35(3,4)5/h10,12,14-15,30,34H,6-9,11,13,16-29H2,1-5H3/p+1/b12-10-,15-14-. The van der Waals surface area contributed by atoms with Crippen molar-refractivity contribution in [3.63, 3.8) is 0 Å². The minimum atomic E-state index is -1.51. The lowest BCUT2D eigenvalue weighted by atomic mass is 10.1. The van der Waals surface area contributed by atoms with E-state index in [1.807, 2.05) is 21.1 Å². The second kappa shape index (κ2) is 27.3. The molecule has 0 aromatic heterocycles. The van der Waals surface area contributed by atoms with Gasteiger partial charge in [-0.15, -0.1) is 0 Å². The molecular weight excluding hydrogens is 550 g/mol. The van der Waals surface area contributed by atoms with Crippen LogP contribution in [-0.4, -0.2) is 87.4 Å². The molecule has 0 saturated carbocycles. The van der Waals surface area contributed by atoms with E-state index in [9.17, 15) is 19.5 Å². The number of esters is 2. The van der Waals surface area contributed by atoms with Gasteiger partial charge in [-0.1, -0.05) is 89.5 Å². The molecule has 9 heteroatoms. The van der Waals surface area contributed by atoms with Gasteiger partial charge in [-0.2, -0.15) is 0 Å². The number of quaternary nitrogens is 1. The summed E-state index contributed by atoms with van der Waals surface area (Å²) in [5.74, 6) is -2.05. The summed E-state index contributed by atoms with van der Waals surface area (Å²) in [6.45, 7) is 4.65. The number of carbonyl (C=O) groups excluding carboxylic acids is 2. The van der Waals surface area contributed by atoms with Crippen molar-refractivity contribution in [1.29, 1.82) is 0 Å². The summed E-state index contributed by atoms with van der Waals surface area (Å²) < 4.78 is 22.4. The van der Waals surface area contributed by atoms with Crippen LogP contribution in [0.15, 0.2) is 24.3 Å². The fourth-order valence-corrected chi connectivity index (χ4v) is 4.05. The Hall–Kier alpha value is -2.23. The molecule has 9 nitrogen and oxygen atoms in total. The van der Waals surface area contributed by atoms with Crippen LogP contribution in [0.4, 0.5) is 0 Å². The first-order valence-electron chi connectivity index (χ1n) is 16.5. The summed E-state index contributed by atoms with van der Waals surface area (Å²) >= 11 is 0. The van der Waals surface area contributed by atoms with Gasteiger partial charge in [0.1, 0.15) is 13.2 Å². The minimum Gasteiger partial charge on any atom is -0.477 e. The normalized spacial score (nSPS) is 13.4. The molecule has 43 heavy (non-hydrogen) atoms. The van der Waals surface area contributed by atoms with Crippen LogP contribution in [0.1, 0.15) is 117 Å². The molecule has 0 rings (SSSR count). The maximum Gasteiger partial charge on any atom is 0.361 e. The highest BCUT2D eigenvalue weighted by atomic mass is 16.7. The van der Waals surface area contributed by atoms with Crippen LogP contribution in [-0.2, 0) is 33.3 Å². The average molecular weight is 613 g/mol. The highest BCUT2D eigenvalue weighted by molar-refractivity contribution is 5.71. The number of rotatable bonds is 29. The van der Waals surface area contributed by atoms with Crippen LogP contribution in [0.3, 0.4) is 0 Å². The average Bonchev–Trinajstić information content (AvgIpc) is 2.94. The van der Waals surface area contributed by atoms with Gasteiger partial charge in [0, 0.05) is 12.8 Å². The Morgan fingerprint density at radius 1 is 0.698 bits per heavy atom. The molecule has 0 bridgehead atoms. The van der Waals surface area contributed by atoms with E-state index in [1.165, 1.54) is 6.42 Å². The summed E-state index contributed by atoms with van der Waals surface area (Å²) in [5.41, 5.74) is 0. The minimum absolute atomic E-state index is 0.185. The Balaban J connectivity index is 4.58. The molecule has 0 aliphatic heterocycles. The molecule has 0 aromatic carbocycles. The predicted octanol–water partition coefficient (Wildman–Crippen LogP) is 6.99. The highest BCUT2D eigenvalue weighted by Gasteiger charge is 2.25. The third kappa shape index (κ3) is 28.3. The molecule has 0 radical (unpaired) electrons. The van der Waals surface area contributed by atoms with E-state index < -0.39 is 24.3 Å². The van der Waals surface area contributed by atoms with Gasteiger partial charge in [-0.3, -0.25) is 9.59 Å². The molecular formula is C34H62NO8+. The Bertz CT molecular complexity index is 775. The molecule has 250 valence electrons. The largest absolute Gasteiger partial charge is 0.477 e. The van der Waals surface area contributed by atoms with E-state index in [1.54, 1.807) is 0 Å². The number of likely N-dealkylation sites (N-methyl/N-ethyl adjacent to an activating group) is 1. The van der Waals surface area contributed by atoms with Gasteiger partial charge in [0.05, 0.1) is 34.4 Å². The maximum absolute atomic E-state index is 12.6. The quantitative estimate of drug-likeness (QED) is 0.0317. The molecule has 0 aliphatic carbocycles. The molecule has 1 N–H and O–H groups in total. The fourth-order valence-electron chi connectivity index (χ4n) is 4.05. The summed E-state index contributed by atoms with van der Waals surface area (Å²) in [5, 5.41) is 9.51. The van der Waals surface area contributed by atoms with Crippen LogP contribution in [0.2, 0.25) is 0 Å². The number of ether oxygens (including phenoxy) is 4. The second-order valence-electron chi connectivity index (χ2n) is 12.1. The van der Waals surface area contributed by atoms with Crippen molar-refractivity contribution < 1.29 is 42.9 Å². The zero-order valence-electron chi connectivity index (χ0n) is 27.9. The van der Waals surface area contributed by atoms with E-state index in [0.29, 0.717) is 23.9 Å². The van der Waals surface area contributed by atoms with Crippen LogP contribution in [0.25, 0.3) is 0 Å². The van der Waals surface area contributed by atoms with Gasteiger partial charge in [0.15, 0.2) is 6.10 Å². The number of unbranched alkanes of at least 4 members (excludes halogenated alkanes) is 10. The molecule has 0 spiro atoms. The Labute approximate surface area is 261 Å². The van der Waals surface area contributed by atoms with Gasteiger partial charge >= 0.3 is 17.9 Å². The molecule has 0 amide bonds. The molecule has 0 heterocycles. The molecule has 0 aromatic rings. The van der Waals surface area contributed by atoms with Crippen LogP contribution >= 0.6 is 0 Å². The molecule has 0 aliphatic rings. The topological polar surface area (TPSA) is 108 Å². The summed E-state index contributed by atoms with van der Waals surface area (Å²) in [6.07, 6.45) is 21.4. The molecule has 0 saturated heterocycles. The SMILES string of the molecule is CCC/C=C\C/C=C\CCCCCCCC(=O)OC(COC(=O)CCCCCCC)COC(OCC[N+](C)(C)C)C(=O)O. The monoisotopic (exact) mass is 612 g/mol. The fraction of sp³-hybridized carbons (Fsp3) is 0.794. The van der Waals surface area contributed by atoms with Gasteiger partial charge in [0.2, 0.25) is 0 Å². The summed E-state index contributed by atoms with van der Waals surface area (Å²) in [7, 11) is 5.92. The molecule has 2 unspecified atom stereocenters. The molecule has 2 atom stereocenters. The number of carboxylic acids is 1. The van der Waals surface area contributed by atoms with Crippen molar-refractivity contribution in [2.75, 3.05) is 47.5 Å². The summed E-state index contributed by atoms with van der Waals surface area (Å²) in [4.78, 5) is 36.4. The van der Waals surface area contributed by atoms with Gasteiger partial charge < -0.3 is 28.5 Å². The van der Waals surface area contributed by atoms with Crippen molar-refractivity contribution in [3.8, 4) is 0 Å². The molecule has 0 fully saturated rings. The Morgan fingerprint density at radius 2 is 1.30 bits per heavy atom. The first kappa shape index (κ1) is 40.8. The van der Waals surface area contributed by atoms with Crippen molar-refractivity contribution in [2.45, 2.75) is 129 Å². The number of hydrogen-bond acceptors (Lipinski definition) is 7. The van der Waals surface area contributed by atoms with E-state index >= 15 is 0 Å². The zero-order valence-corrected chi connectivity index (χ0v) is 27.9. The smallest absolute Gasteiger partial charge is 0.361 e. The zero-order chi connectivity index (χ0) is 32.2. The van der Waals surface area contributed by atoms with E-state index in [4.69, 9.17) is 18.9 Å². The van der Waals surface area contributed by atoms with Crippen LogP contribution < -0.4 is 0 Å². The lowest BCUT2D eigenvalue weighted by Crippen LogP contribution is -2.40. The van der Waals surface area contributed by atoms with E-state index in [-0.39, 0.29) is 32.2 Å². The van der Waals surface area contributed by atoms with E-state index in [0.717, 1.165) is 77.0 Å². The lowest BCUT2D eigenvalue weighted by molar-refractivity contribution is -0.870. The van der Waals surface area contributed by atoms with Crippen molar-refractivity contribution in [1.82, 2.24) is 0 Å². The third-order valence-corrected chi connectivity index (χ3v) is 6.69. The number of aliphatic carboxylic acids is 1. The maximum atomic E-state index is 12.6. The van der Waals surface area contributed by atoms with Crippen molar-refractivity contribution in [2.24, 2.45) is 0 Å². The third-order valence-electron chi connectivity index (χ3n) is 6.69. The first-order chi connectivity index (χ1) is 20.6. The first-order valence-corrected chi connectivity index (χ1v) is 16.5. The van der Waals surface area contributed by atoms with Crippen molar-refractivity contribution >= 4 is 17.9 Å². The number of hydrogen-bond donors (Lipinski definition) is 1. The second-order valence-corrected chi connectivity index (χ2v) is 12.1. The van der Waals surface area contributed by atoms with Crippen molar-refractivity contribution in [3.05, 3.63) is 24.3 Å². The highest BCUT2D eigenvalue weighted by Crippen LogP contribution is 2.11. The summed E-state index contributed by atoms with van der Waals surface area (Å²) in [6, 6.07) is 0. The van der Waals surface area contributed by atoms with Gasteiger partial charge in [-0.25, -0.2) is 4.79 Å².